The van der Waals surface area contributed by atoms with Gasteiger partial charge >= 0.3 is 12.4 Å². The van der Waals surface area contributed by atoms with Crippen LogP contribution < -0.4 is 11.1 Å². The summed E-state index contributed by atoms with van der Waals surface area (Å²) in [5, 5.41) is 6.87. The standard InChI is InChI=1S/C23H30F6N6O3/c1-21(2,23(27,28)29)38-11-15(30)17-10-35-20(32-17)33-18(12-3-5-37-6-4-12)16(34-35)8-13-7-14(22(24,25)26)9-31-19(13)36/h10,12-15H,3-9,11,30H2,1-2H3,(H,31,36)/t13-,14-,15?/m1/s1. The molecule has 3 atom stereocenters. The molecule has 2 saturated heterocycles. The number of fused-ring (bicyclic) bond motifs is 1. The van der Waals surface area contributed by atoms with Crippen molar-refractivity contribution in [2.24, 2.45) is 17.6 Å². The third-order valence-corrected chi connectivity index (χ3v) is 7.09. The zero-order valence-corrected chi connectivity index (χ0v) is 20.9. The van der Waals surface area contributed by atoms with Gasteiger partial charge in [0.25, 0.3) is 5.78 Å². The minimum Gasteiger partial charge on any atom is -0.381 e. The van der Waals surface area contributed by atoms with E-state index in [1.165, 1.54) is 10.7 Å². The first-order chi connectivity index (χ1) is 17.7. The van der Waals surface area contributed by atoms with Gasteiger partial charge in [-0.1, -0.05) is 0 Å². The number of carbonyl (C=O) groups is 1. The largest absolute Gasteiger partial charge is 0.416 e. The Morgan fingerprint density at radius 2 is 1.87 bits per heavy atom. The molecule has 4 rings (SSSR count). The summed E-state index contributed by atoms with van der Waals surface area (Å²) < 4.78 is 91.1. The average Bonchev–Trinajstić information content (AvgIpc) is 3.25. The van der Waals surface area contributed by atoms with Crippen LogP contribution in [0.5, 0.6) is 0 Å². The van der Waals surface area contributed by atoms with E-state index in [4.69, 9.17) is 15.2 Å². The second kappa shape index (κ2) is 10.6. The highest BCUT2D eigenvalue weighted by molar-refractivity contribution is 5.79. The lowest BCUT2D eigenvalue weighted by Crippen LogP contribution is -2.47. The summed E-state index contributed by atoms with van der Waals surface area (Å²) in [7, 11) is 0. The molecule has 1 unspecified atom stereocenters. The van der Waals surface area contributed by atoms with Gasteiger partial charge in [0.1, 0.15) is 0 Å². The number of carbonyl (C=O) groups excluding carboxylic acids is 1. The molecule has 2 aromatic rings. The highest BCUT2D eigenvalue weighted by Gasteiger charge is 2.49. The third-order valence-electron chi connectivity index (χ3n) is 7.09. The molecule has 38 heavy (non-hydrogen) atoms. The first kappa shape index (κ1) is 28.5. The van der Waals surface area contributed by atoms with Gasteiger partial charge in [0.15, 0.2) is 5.60 Å². The van der Waals surface area contributed by atoms with Crippen LogP contribution in [-0.4, -0.2) is 69.8 Å². The van der Waals surface area contributed by atoms with E-state index in [-0.39, 0.29) is 30.2 Å². The minimum atomic E-state index is -4.60. The van der Waals surface area contributed by atoms with Crippen molar-refractivity contribution >= 4 is 11.7 Å². The van der Waals surface area contributed by atoms with Crippen molar-refractivity contribution in [1.29, 1.82) is 0 Å². The van der Waals surface area contributed by atoms with Gasteiger partial charge in [0.2, 0.25) is 5.91 Å². The van der Waals surface area contributed by atoms with Gasteiger partial charge in [0.05, 0.1) is 41.8 Å². The molecule has 2 fully saturated rings. The number of nitrogens with zero attached hydrogens (tertiary/aromatic N) is 4. The molecule has 0 aliphatic carbocycles. The van der Waals surface area contributed by atoms with E-state index in [1.54, 1.807) is 0 Å². The number of halogens is 6. The Kier molecular flexibility index (Phi) is 7.92. The molecule has 212 valence electrons. The molecule has 15 heteroatoms. The molecule has 0 spiro atoms. The Morgan fingerprint density at radius 3 is 2.50 bits per heavy atom. The van der Waals surface area contributed by atoms with Crippen LogP contribution in [0.4, 0.5) is 26.3 Å². The number of nitrogens with one attached hydrogen (secondary N) is 1. The fourth-order valence-electron chi connectivity index (χ4n) is 4.53. The Morgan fingerprint density at radius 1 is 1.18 bits per heavy atom. The van der Waals surface area contributed by atoms with Crippen molar-refractivity contribution in [3.05, 3.63) is 23.3 Å². The number of ether oxygens (including phenoxy) is 2. The van der Waals surface area contributed by atoms with E-state index >= 15 is 0 Å². The van der Waals surface area contributed by atoms with E-state index in [0.29, 0.717) is 37.4 Å². The summed E-state index contributed by atoms with van der Waals surface area (Å²) in [6.45, 7) is 1.78. The maximum atomic E-state index is 13.3. The number of nitrogens with two attached hydrogens (primary N) is 1. The molecule has 4 heterocycles. The number of hydrogen-bond donors (Lipinski definition) is 2. The normalized spacial score (nSPS) is 23.0. The van der Waals surface area contributed by atoms with Crippen LogP contribution in [0.3, 0.4) is 0 Å². The summed E-state index contributed by atoms with van der Waals surface area (Å²) >= 11 is 0. The molecule has 1 amide bonds. The lowest BCUT2D eigenvalue weighted by molar-refractivity contribution is -0.264. The van der Waals surface area contributed by atoms with Crippen molar-refractivity contribution in [2.75, 3.05) is 26.4 Å². The second-order valence-electron chi connectivity index (χ2n) is 10.3. The van der Waals surface area contributed by atoms with Gasteiger partial charge in [-0.05, 0) is 33.1 Å². The molecule has 0 radical (unpaired) electrons. The van der Waals surface area contributed by atoms with Crippen LogP contribution in [0, 0.1) is 11.8 Å². The Hall–Kier alpha value is -2.52. The zero-order chi connectivity index (χ0) is 27.9. The number of alkyl halides is 6. The fourth-order valence-corrected chi connectivity index (χ4v) is 4.53. The van der Waals surface area contributed by atoms with E-state index in [1.807, 2.05) is 0 Å². The van der Waals surface area contributed by atoms with Crippen LogP contribution in [0.15, 0.2) is 6.20 Å². The van der Waals surface area contributed by atoms with Crippen LogP contribution in [0.2, 0.25) is 0 Å². The lowest BCUT2D eigenvalue weighted by Gasteiger charge is -2.31. The number of hydrogen-bond acceptors (Lipinski definition) is 7. The summed E-state index contributed by atoms with van der Waals surface area (Å²) in [6, 6.07) is -1.02. The Balaban J connectivity index is 1.62. The molecular weight excluding hydrogens is 522 g/mol. The highest BCUT2D eigenvalue weighted by atomic mass is 19.4. The topological polar surface area (TPSA) is 117 Å². The summed E-state index contributed by atoms with van der Waals surface area (Å²) in [4.78, 5) is 21.4. The molecule has 0 bridgehead atoms. The van der Waals surface area contributed by atoms with Gasteiger partial charge in [-0.25, -0.2) is 14.5 Å². The van der Waals surface area contributed by atoms with Gasteiger partial charge in [0, 0.05) is 38.0 Å². The van der Waals surface area contributed by atoms with Gasteiger partial charge in [-0.2, -0.15) is 31.4 Å². The van der Waals surface area contributed by atoms with Crippen LogP contribution in [0.1, 0.15) is 62.2 Å². The molecule has 3 N–H and O–H groups in total. The number of piperidine rings is 1. The van der Waals surface area contributed by atoms with Crippen molar-refractivity contribution < 1.29 is 40.6 Å². The summed E-state index contributed by atoms with van der Waals surface area (Å²) in [5.74, 6) is -3.07. The minimum absolute atomic E-state index is 0.0590. The fraction of sp³-hybridized carbons (Fsp3) is 0.739. The molecule has 0 aromatic carbocycles. The molecular formula is C23H30F6N6O3. The molecule has 2 aromatic heterocycles. The molecule has 2 aliphatic rings. The van der Waals surface area contributed by atoms with Crippen LogP contribution >= 0.6 is 0 Å². The van der Waals surface area contributed by atoms with Crippen molar-refractivity contribution in [1.82, 2.24) is 24.9 Å². The smallest absolute Gasteiger partial charge is 0.381 e. The van der Waals surface area contributed by atoms with Crippen LogP contribution in [-0.2, 0) is 20.7 Å². The number of imidazole rings is 1. The Labute approximate surface area is 214 Å². The number of rotatable bonds is 7. The predicted molar refractivity (Wildman–Crippen MR) is 121 cm³/mol. The third kappa shape index (κ3) is 6.20. The van der Waals surface area contributed by atoms with Gasteiger partial charge < -0.3 is 20.5 Å². The first-order valence-electron chi connectivity index (χ1n) is 12.3. The number of aromatic nitrogens is 4. The SMILES string of the molecule is CC(C)(OCC(N)c1cn2nc(C[C@H]3C[C@@H](C(F)(F)F)CNC3=O)c(C3CCOCC3)nc2n1)C(F)(F)F. The summed E-state index contributed by atoms with van der Waals surface area (Å²) in [5.41, 5.74) is 4.70. The van der Waals surface area contributed by atoms with Crippen LogP contribution in [0.25, 0.3) is 5.78 Å². The summed E-state index contributed by atoms with van der Waals surface area (Å²) in [6.07, 6.45) is -6.86. The maximum absolute atomic E-state index is 13.3. The lowest BCUT2D eigenvalue weighted by atomic mass is 9.84. The maximum Gasteiger partial charge on any atom is 0.416 e. The Bertz CT molecular complexity index is 1150. The van der Waals surface area contributed by atoms with Gasteiger partial charge in [-0.15, -0.1) is 0 Å². The first-order valence-corrected chi connectivity index (χ1v) is 12.3. The predicted octanol–water partition coefficient (Wildman–Crippen LogP) is 3.23. The molecule has 0 saturated carbocycles. The molecule has 9 nitrogen and oxygen atoms in total. The monoisotopic (exact) mass is 552 g/mol. The van der Waals surface area contributed by atoms with E-state index in [2.05, 4.69) is 20.4 Å². The molecule has 2 aliphatic heterocycles. The zero-order valence-electron chi connectivity index (χ0n) is 20.9. The number of amides is 1. The van der Waals surface area contributed by atoms with Crippen molar-refractivity contribution in [3.63, 3.8) is 0 Å². The van der Waals surface area contributed by atoms with E-state index in [0.717, 1.165) is 13.8 Å². The van der Waals surface area contributed by atoms with Crippen molar-refractivity contribution in [3.8, 4) is 0 Å². The highest BCUT2D eigenvalue weighted by Crippen LogP contribution is 2.36. The second-order valence-corrected chi connectivity index (χ2v) is 10.3. The van der Waals surface area contributed by atoms with E-state index in [9.17, 15) is 31.1 Å². The van der Waals surface area contributed by atoms with Gasteiger partial charge in [-0.3, -0.25) is 4.79 Å². The average molecular weight is 553 g/mol. The van der Waals surface area contributed by atoms with Crippen molar-refractivity contribution in [2.45, 2.75) is 69.4 Å². The van der Waals surface area contributed by atoms with E-state index < -0.39 is 54.9 Å². The quantitative estimate of drug-likeness (QED) is 0.507.